The fraction of sp³-hybridized carbons (Fsp3) is 0.273. The van der Waals surface area contributed by atoms with Crippen molar-refractivity contribution in [1.82, 2.24) is 19.9 Å². The summed E-state index contributed by atoms with van der Waals surface area (Å²) in [6.45, 7) is 3.22. The van der Waals surface area contributed by atoms with Crippen molar-refractivity contribution in [3.63, 3.8) is 0 Å². The van der Waals surface area contributed by atoms with E-state index in [1.165, 1.54) is 6.07 Å². The van der Waals surface area contributed by atoms with Gasteiger partial charge in [0, 0.05) is 48.6 Å². The molecule has 1 fully saturated rings. The normalized spacial score (nSPS) is 13.5. The molecule has 2 aromatic heterocycles. The molecule has 0 aliphatic carbocycles. The molecule has 154 valence electrons. The maximum absolute atomic E-state index is 15.2. The number of nitrogens with two attached hydrogens (primary N) is 1. The molecule has 1 saturated heterocycles. The average Bonchev–Trinajstić information content (AvgIpc) is 3.28. The summed E-state index contributed by atoms with van der Waals surface area (Å²) in [7, 11) is 1.78. The molecule has 1 aliphatic heterocycles. The Kier molecular flexibility index (Phi) is 5.31. The van der Waals surface area contributed by atoms with Gasteiger partial charge in [-0.05, 0) is 50.1 Å². The zero-order valence-corrected chi connectivity index (χ0v) is 16.9. The minimum Gasteiger partial charge on any atom is -0.373 e. The van der Waals surface area contributed by atoms with E-state index in [9.17, 15) is 4.79 Å². The van der Waals surface area contributed by atoms with Crippen molar-refractivity contribution < 1.29 is 9.18 Å². The van der Waals surface area contributed by atoms with Crippen LogP contribution in [0.5, 0.6) is 0 Å². The number of aromatic nitrogens is 3. The van der Waals surface area contributed by atoms with E-state index in [2.05, 4.69) is 20.3 Å². The fourth-order valence-electron chi connectivity index (χ4n) is 3.77. The van der Waals surface area contributed by atoms with Gasteiger partial charge in [-0.15, -0.1) is 0 Å². The molecule has 1 aromatic carbocycles. The molecule has 3 heterocycles. The van der Waals surface area contributed by atoms with E-state index in [4.69, 9.17) is 5.73 Å². The smallest absolute Gasteiger partial charge is 0.253 e. The molecular formula is C22H23FN6O. The van der Waals surface area contributed by atoms with E-state index in [1.54, 1.807) is 37.2 Å². The number of benzene rings is 1. The Labute approximate surface area is 174 Å². The number of aryl methyl sites for hydroxylation is 1. The number of nitrogen functional groups attached to an aromatic ring is 1. The van der Waals surface area contributed by atoms with Crippen LogP contribution in [-0.4, -0.2) is 45.9 Å². The molecule has 1 amide bonds. The van der Waals surface area contributed by atoms with Gasteiger partial charge in [-0.25, -0.2) is 19.3 Å². The van der Waals surface area contributed by atoms with Crippen molar-refractivity contribution >= 4 is 17.7 Å². The summed E-state index contributed by atoms with van der Waals surface area (Å²) in [5.41, 5.74) is 8.85. The highest BCUT2D eigenvalue weighted by Gasteiger charge is 2.22. The number of amides is 1. The Balaban J connectivity index is 1.79. The maximum atomic E-state index is 15.2. The number of pyridine rings is 1. The predicted octanol–water partition coefficient (Wildman–Crippen LogP) is 3.51. The van der Waals surface area contributed by atoms with Crippen LogP contribution in [0.2, 0.25) is 0 Å². The van der Waals surface area contributed by atoms with Crippen molar-refractivity contribution in [2.24, 2.45) is 0 Å². The largest absolute Gasteiger partial charge is 0.373 e. The predicted molar refractivity (Wildman–Crippen MR) is 114 cm³/mol. The molecule has 0 bridgehead atoms. The molecule has 1 aliphatic rings. The van der Waals surface area contributed by atoms with E-state index in [0.717, 1.165) is 18.4 Å². The zero-order chi connectivity index (χ0) is 21.3. The van der Waals surface area contributed by atoms with Gasteiger partial charge in [0.2, 0.25) is 5.95 Å². The van der Waals surface area contributed by atoms with Crippen LogP contribution < -0.4 is 11.1 Å². The average molecular weight is 406 g/mol. The molecule has 0 saturated carbocycles. The topological polar surface area (TPSA) is 97.0 Å². The van der Waals surface area contributed by atoms with Crippen LogP contribution in [-0.2, 0) is 0 Å². The number of halogens is 1. The third-order valence-corrected chi connectivity index (χ3v) is 5.28. The van der Waals surface area contributed by atoms with E-state index < -0.39 is 5.82 Å². The molecule has 0 spiro atoms. The molecule has 0 radical (unpaired) electrons. The van der Waals surface area contributed by atoms with E-state index >= 15 is 4.39 Å². The third kappa shape index (κ3) is 3.68. The van der Waals surface area contributed by atoms with Crippen molar-refractivity contribution in [3.05, 3.63) is 53.6 Å². The summed E-state index contributed by atoms with van der Waals surface area (Å²) in [4.78, 5) is 27.3. The molecule has 0 atom stereocenters. The Hall–Kier alpha value is -3.55. The summed E-state index contributed by atoms with van der Waals surface area (Å²) in [5.74, 6) is 0.0926. The van der Waals surface area contributed by atoms with Gasteiger partial charge in [-0.2, -0.15) is 0 Å². The van der Waals surface area contributed by atoms with Crippen molar-refractivity contribution in [3.8, 4) is 22.4 Å². The van der Waals surface area contributed by atoms with Crippen LogP contribution in [0.1, 0.15) is 28.9 Å². The first kappa shape index (κ1) is 19.8. The second-order valence-corrected chi connectivity index (χ2v) is 7.27. The van der Waals surface area contributed by atoms with Crippen LogP contribution in [0.25, 0.3) is 22.4 Å². The Bertz CT molecular complexity index is 1090. The highest BCUT2D eigenvalue weighted by atomic mass is 19.1. The standard InChI is InChI=1S/C22H23FN6O/c1-13-19(15-6-8-18(25-2)26-12-15)20(28-22(24)27-13)16-7-5-14(11-17(16)23)21(30)29-9-3-4-10-29/h5-8,11-12H,3-4,9-10H2,1-2H3,(H,25,26)(H2,24,27,28). The first-order chi connectivity index (χ1) is 14.5. The van der Waals surface area contributed by atoms with Gasteiger partial charge in [-0.1, -0.05) is 0 Å². The fourth-order valence-corrected chi connectivity index (χ4v) is 3.77. The third-order valence-electron chi connectivity index (χ3n) is 5.28. The summed E-state index contributed by atoms with van der Waals surface area (Å²) in [6, 6.07) is 8.18. The number of carbonyl (C=O) groups excluding carboxylic acids is 1. The Morgan fingerprint density at radius 3 is 2.57 bits per heavy atom. The second-order valence-electron chi connectivity index (χ2n) is 7.27. The number of nitrogens with zero attached hydrogens (tertiary/aromatic N) is 4. The SMILES string of the molecule is CNc1ccc(-c2c(C)nc(N)nc2-c2ccc(C(=O)N3CCCC3)cc2F)cn1. The lowest BCUT2D eigenvalue weighted by Crippen LogP contribution is -2.27. The molecule has 0 unspecified atom stereocenters. The van der Waals surface area contributed by atoms with E-state index in [-0.39, 0.29) is 17.4 Å². The van der Waals surface area contributed by atoms with Gasteiger partial charge in [0.05, 0.1) is 11.4 Å². The minimum atomic E-state index is -0.529. The lowest BCUT2D eigenvalue weighted by atomic mass is 9.97. The molecule has 3 aromatic rings. The summed E-state index contributed by atoms with van der Waals surface area (Å²) in [6.07, 6.45) is 3.64. The van der Waals surface area contributed by atoms with Crippen molar-refractivity contribution in [2.75, 3.05) is 31.2 Å². The highest BCUT2D eigenvalue weighted by Crippen LogP contribution is 2.35. The van der Waals surface area contributed by atoms with Crippen LogP contribution in [0.15, 0.2) is 36.5 Å². The molecular weight excluding hydrogens is 383 g/mol. The molecule has 8 heteroatoms. The van der Waals surface area contributed by atoms with Crippen LogP contribution >= 0.6 is 0 Å². The van der Waals surface area contributed by atoms with Crippen LogP contribution in [0.3, 0.4) is 0 Å². The van der Waals surface area contributed by atoms with Crippen LogP contribution in [0, 0.1) is 12.7 Å². The number of hydrogen-bond donors (Lipinski definition) is 2. The lowest BCUT2D eigenvalue weighted by Gasteiger charge is -2.17. The van der Waals surface area contributed by atoms with E-state index in [1.807, 2.05) is 12.1 Å². The number of rotatable bonds is 4. The Morgan fingerprint density at radius 1 is 1.17 bits per heavy atom. The number of nitrogens with one attached hydrogen (secondary N) is 1. The molecule has 30 heavy (non-hydrogen) atoms. The maximum Gasteiger partial charge on any atom is 0.253 e. The second kappa shape index (κ2) is 8.06. The molecule has 3 N–H and O–H groups in total. The van der Waals surface area contributed by atoms with Gasteiger partial charge in [-0.3, -0.25) is 4.79 Å². The summed E-state index contributed by atoms with van der Waals surface area (Å²) >= 11 is 0. The number of hydrogen-bond acceptors (Lipinski definition) is 6. The van der Waals surface area contributed by atoms with E-state index in [0.29, 0.717) is 41.4 Å². The van der Waals surface area contributed by atoms with Gasteiger partial charge in [0.25, 0.3) is 5.91 Å². The Morgan fingerprint density at radius 2 is 1.93 bits per heavy atom. The van der Waals surface area contributed by atoms with Crippen molar-refractivity contribution in [2.45, 2.75) is 19.8 Å². The zero-order valence-electron chi connectivity index (χ0n) is 16.9. The quantitative estimate of drug-likeness (QED) is 0.688. The number of likely N-dealkylation sites (tertiary alicyclic amines) is 1. The lowest BCUT2D eigenvalue weighted by molar-refractivity contribution is 0.0792. The minimum absolute atomic E-state index is 0.0580. The van der Waals surface area contributed by atoms with Gasteiger partial charge in [0.1, 0.15) is 11.6 Å². The molecule has 4 rings (SSSR count). The van der Waals surface area contributed by atoms with Gasteiger partial charge < -0.3 is 16.0 Å². The van der Waals surface area contributed by atoms with Crippen LogP contribution in [0.4, 0.5) is 16.2 Å². The van der Waals surface area contributed by atoms with Crippen molar-refractivity contribution in [1.29, 1.82) is 0 Å². The first-order valence-electron chi connectivity index (χ1n) is 9.85. The highest BCUT2D eigenvalue weighted by molar-refractivity contribution is 5.95. The molecule has 7 nitrogen and oxygen atoms in total. The van der Waals surface area contributed by atoms with Gasteiger partial charge in [0.15, 0.2) is 0 Å². The number of anilines is 2. The van der Waals surface area contributed by atoms with Gasteiger partial charge >= 0.3 is 0 Å². The monoisotopic (exact) mass is 406 g/mol. The summed E-state index contributed by atoms with van der Waals surface area (Å²) in [5, 5.41) is 2.97. The number of carbonyl (C=O) groups is 1. The first-order valence-corrected chi connectivity index (χ1v) is 9.85. The summed E-state index contributed by atoms with van der Waals surface area (Å²) < 4.78 is 15.2.